The van der Waals surface area contributed by atoms with Gasteiger partial charge >= 0.3 is 0 Å². The van der Waals surface area contributed by atoms with Crippen molar-refractivity contribution in [1.29, 1.82) is 0 Å². The van der Waals surface area contributed by atoms with Gasteiger partial charge in [-0.15, -0.1) is 17.1 Å². The van der Waals surface area contributed by atoms with Crippen LogP contribution in [0.15, 0.2) is 59.6 Å². The highest BCUT2D eigenvalue weighted by atomic mass is 35.5. The fourth-order valence-electron chi connectivity index (χ4n) is 2.43. The standard InChI is InChI=1S/C17H13Cl2OP/c18-13-10-12-6-4-5-9-15(12)17(19,11-13)16(20)21-14-7-2-1-3-8-14/h1-10,20H,11H2/p-1. The third-order valence-electron chi connectivity index (χ3n) is 3.44. The lowest BCUT2D eigenvalue weighted by Crippen LogP contribution is -2.40. The number of halogens is 2. The van der Waals surface area contributed by atoms with Gasteiger partial charge in [0.25, 0.3) is 0 Å². The first-order valence-corrected chi connectivity index (χ1v) is 8.20. The summed E-state index contributed by atoms with van der Waals surface area (Å²) in [5.74, 6) is 0. The fraction of sp³-hybridized carbons (Fsp3) is 0.118. The van der Waals surface area contributed by atoms with Crippen molar-refractivity contribution in [3.63, 3.8) is 0 Å². The van der Waals surface area contributed by atoms with Crippen LogP contribution in [0.2, 0.25) is 0 Å². The summed E-state index contributed by atoms with van der Waals surface area (Å²) < 4.78 is 0. The molecule has 2 aromatic rings. The van der Waals surface area contributed by atoms with E-state index in [9.17, 15) is 5.11 Å². The monoisotopic (exact) mass is 333 g/mol. The number of hydrogen-bond acceptors (Lipinski definition) is 1. The van der Waals surface area contributed by atoms with Gasteiger partial charge in [-0.1, -0.05) is 74.4 Å². The summed E-state index contributed by atoms with van der Waals surface area (Å²) in [5.41, 5.74) is 1.71. The predicted molar refractivity (Wildman–Crippen MR) is 90.4 cm³/mol. The molecule has 4 heteroatoms. The Hall–Kier alpha value is -1.11. The van der Waals surface area contributed by atoms with Crippen LogP contribution in [0, 0.1) is 0 Å². The van der Waals surface area contributed by atoms with Gasteiger partial charge < -0.3 is 5.11 Å². The number of benzene rings is 2. The van der Waals surface area contributed by atoms with Crippen LogP contribution in [0.4, 0.5) is 0 Å². The molecule has 1 aliphatic rings. The van der Waals surface area contributed by atoms with Gasteiger partial charge in [0.1, 0.15) is 0 Å². The largest absolute Gasteiger partial charge is 0.825 e. The maximum absolute atomic E-state index is 12.8. The van der Waals surface area contributed by atoms with Gasteiger partial charge in [0, 0.05) is 16.8 Å². The first kappa shape index (κ1) is 14.8. The van der Waals surface area contributed by atoms with Crippen LogP contribution in [0.5, 0.6) is 0 Å². The van der Waals surface area contributed by atoms with E-state index in [1.54, 1.807) is 0 Å². The zero-order valence-electron chi connectivity index (χ0n) is 11.1. The van der Waals surface area contributed by atoms with Crippen LogP contribution in [0.3, 0.4) is 0 Å². The zero-order chi connectivity index (χ0) is 14.9. The Balaban J connectivity index is 2.09. The number of hydrogen-bond donors (Lipinski definition) is 0. The van der Waals surface area contributed by atoms with Crippen LogP contribution in [-0.2, 0) is 4.87 Å². The second-order valence-corrected chi connectivity index (χ2v) is 7.19. The second kappa shape index (κ2) is 5.94. The molecule has 2 aromatic carbocycles. The molecule has 106 valence electrons. The quantitative estimate of drug-likeness (QED) is 0.604. The third-order valence-corrected chi connectivity index (χ3v) is 5.46. The van der Waals surface area contributed by atoms with E-state index in [0.717, 1.165) is 16.4 Å². The molecular weight excluding hydrogens is 322 g/mol. The van der Waals surface area contributed by atoms with E-state index in [0.29, 0.717) is 19.7 Å². The Morgan fingerprint density at radius 3 is 2.48 bits per heavy atom. The van der Waals surface area contributed by atoms with Gasteiger partial charge in [-0.3, -0.25) is 0 Å². The minimum absolute atomic E-state index is 0.0472. The molecule has 0 amide bonds. The van der Waals surface area contributed by atoms with Crippen molar-refractivity contribution in [2.45, 2.75) is 11.3 Å². The van der Waals surface area contributed by atoms with E-state index < -0.39 is 4.87 Å². The molecule has 1 unspecified atom stereocenters. The van der Waals surface area contributed by atoms with Gasteiger partial charge in [0.15, 0.2) is 0 Å². The normalized spacial score (nSPS) is 21.7. The Kier molecular flexibility index (Phi) is 4.19. The molecule has 1 nitrogen and oxygen atoms in total. The van der Waals surface area contributed by atoms with E-state index >= 15 is 0 Å². The van der Waals surface area contributed by atoms with E-state index in [1.165, 1.54) is 0 Å². The van der Waals surface area contributed by atoms with Crippen molar-refractivity contribution in [2.75, 3.05) is 0 Å². The summed E-state index contributed by atoms with van der Waals surface area (Å²) in [6.07, 6.45) is 2.22. The molecule has 0 fully saturated rings. The Morgan fingerprint density at radius 2 is 1.71 bits per heavy atom. The van der Waals surface area contributed by atoms with Crippen LogP contribution >= 0.6 is 31.4 Å². The molecule has 0 N–H and O–H groups in total. The summed E-state index contributed by atoms with van der Waals surface area (Å²) in [4.78, 5) is -1.08. The van der Waals surface area contributed by atoms with Crippen LogP contribution in [-0.4, -0.2) is 5.48 Å². The van der Waals surface area contributed by atoms with Crippen molar-refractivity contribution < 1.29 is 5.11 Å². The molecule has 1 atom stereocenters. The van der Waals surface area contributed by atoms with Gasteiger partial charge in [-0.05, 0) is 17.2 Å². The van der Waals surface area contributed by atoms with Crippen molar-refractivity contribution in [3.8, 4) is 0 Å². The summed E-state index contributed by atoms with van der Waals surface area (Å²) in [6.45, 7) is 0. The van der Waals surface area contributed by atoms with Gasteiger partial charge in [0.05, 0.1) is 4.87 Å². The first-order valence-electron chi connectivity index (χ1n) is 6.55. The molecule has 0 saturated heterocycles. The number of allylic oxidation sites excluding steroid dienone is 1. The molecule has 21 heavy (non-hydrogen) atoms. The van der Waals surface area contributed by atoms with Gasteiger partial charge in [0.2, 0.25) is 0 Å². The maximum Gasteiger partial charge on any atom is 0.0853 e. The summed E-state index contributed by atoms with van der Waals surface area (Å²) >= 11 is 12.9. The lowest BCUT2D eigenvalue weighted by atomic mass is 9.86. The molecule has 0 aliphatic heterocycles. The van der Waals surface area contributed by atoms with Crippen LogP contribution in [0.25, 0.3) is 6.08 Å². The minimum Gasteiger partial charge on any atom is -0.825 e. The number of rotatable bonds is 2. The van der Waals surface area contributed by atoms with Crippen molar-refractivity contribution in [2.24, 2.45) is 0 Å². The minimum atomic E-state index is -1.08. The highest BCUT2D eigenvalue weighted by Gasteiger charge is 2.34. The van der Waals surface area contributed by atoms with Gasteiger partial charge in [-0.2, -0.15) is 0 Å². The summed E-state index contributed by atoms with van der Waals surface area (Å²) in [7, 11) is 0.592. The molecule has 0 radical (unpaired) electrons. The highest BCUT2D eigenvalue weighted by Crippen LogP contribution is 2.44. The molecule has 0 spiro atoms. The fourth-order valence-corrected chi connectivity index (χ4v) is 4.19. The highest BCUT2D eigenvalue weighted by molar-refractivity contribution is 7.48. The van der Waals surface area contributed by atoms with Gasteiger partial charge in [-0.25, -0.2) is 0 Å². The van der Waals surface area contributed by atoms with E-state index in [4.69, 9.17) is 23.2 Å². The lowest BCUT2D eigenvalue weighted by molar-refractivity contribution is -0.216. The van der Waals surface area contributed by atoms with Crippen LogP contribution in [0.1, 0.15) is 17.5 Å². The summed E-state index contributed by atoms with van der Waals surface area (Å²) in [6, 6.07) is 17.3. The molecule has 1 aliphatic carbocycles. The Labute approximate surface area is 135 Å². The first-order chi connectivity index (χ1) is 10.1. The second-order valence-electron chi connectivity index (χ2n) is 4.91. The Morgan fingerprint density at radius 1 is 1.05 bits per heavy atom. The topological polar surface area (TPSA) is 23.1 Å². The average Bonchev–Trinajstić information content (AvgIpc) is 2.48. The average molecular weight is 334 g/mol. The SMILES string of the molecule is [O-]C(=Pc1ccccc1)C1(Cl)CC(Cl)=Cc2ccccc21. The lowest BCUT2D eigenvalue weighted by Gasteiger charge is -2.37. The van der Waals surface area contributed by atoms with Crippen LogP contribution < -0.4 is 10.4 Å². The summed E-state index contributed by atoms with van der Waals surface area (Å²) in [5, 5.41) is 14.3. The molecule has 0 aromatic heterocycles. The van der Waals surface area contributed by atoms with Crippen molar-refractivity contribution in [1.82, 2.24) is 0 Å². The molecule has 3 rings (SSSR count). The van der Waals surface area contributed by atoms with E-state index in [2.05, 4.69) is 0 Å². The van der Waals surface area contributed by atoms with Crippen molar-refractivity contribution in [3.05, 3.63) is 70.8 Å². The smallest absolute Gasteiger partial charge is 0.0853 e. The molecular formula is C17H12Cl2OP-. The molecule has 0 saturated carbocycles. The van der Waals surface area contributed by atoms with Crippen molar-refractivity contribution >= 4 is 48.3 Å². The zero-order valence-corrected chi connectivity index (χ0v) is 13.5. The molecule has 0 heterocycles. The van der Waals surface area contributed by atoms with E-state index in [-0.39, 0.29) is 5.48 Å². The molecule has 0 bridgehead atoms. The number of fused-ring (bicyclic) bond motifs is 1. The maximum atomic E-state index is 12.8. The Bertz CT molecular complexity index is 725. The number of alkyl halides is 1. The van der Waals surface area contributed by atoms with E-state index in [1.807, 2.05) is 60.7 Å². The third kappa shape index (κ3) is 2.93. The predicted octanol–water partition coefficient (Wildman–Crippen LogP) is 3.87.